The van der Waals surface area contributed by atoms with Gasteiger partial charge in [-0.25, -0.2) is 8.42 Å². The number of rotatable bonds is 6. The van der Waals surface area contributed by atoms with Crippen LogP contribution in [-0.4, -0.2) is 26.2 Å². The van der Waals surface area contributed by atoms with Crippen molar-refractivity contribution in [1.82, 2.24) is 10.3 Å². The Labute approximate surface area is 126 Å². The molecule has 1 heterocycles. The summed E-state index contributed by atoms with van der Waals surface area (Å²) in [6, 6.07) is 11.2. The molecule has 5 heteroatoms. The molecule has 1 aromatic carbocycles. The standard InChI is InChI=1S/C16H20N2O2S/c1-13(18-11-9-14-4-3-10-17-12-14)15-5-7-16(8-6-15)21(2,19)20/h3-8,10,12-13,18H,9,11H2,1-2H3. The molecule has 1 atom stereocenters. The minimum Gasteiger partial charge on any atom is -0.310 e. The molecule has 0 amide bonds. The van der Waals surface area contributed by atoms with E-state index >= 15 is 0 Å². The van der Waals surface area contributed by atoms with E-state index in [0.717, 1.165) is 18.5 Å². The molecule has 0 spiro atoms. The molecule has 0 fully saturated rings. The largest absolute Gasteiger partial charge is 0.310 e. The summed E-state index contributed by atoms with van der Waals surface area (Å²) >= 11 is 0. The van der Waals surface area contributed by atoms with Gasteiger partial charge >= 0.3 is 0 Å². The summed E-state index contributed by atoms with van der Waals surface area (Å²) in [5, 5.41) is 3.43. The van der Waals surface area contributed by atoms with Crippen molar-refractivity contribution in [2.45, 2.75) is 24.3 Å². The molecule has 0 aliphatic heterocycles. The van der Waals surface area contributed by atoms with E-state index in [9.17, 15) is 8.42 Å². The molecular formula is C16H20N2O2S. The predicted molar refractivity (Wildman–Crippen MR) is 83.9 cm³/mol. The molecule has 0 saturated heterocycles. The number of nitrogens with zero attached hydrogens (tertiary/aromatic N) is 1. The lowest BCUT2D eigenvalue weighted by Gasteiger charge is -2.14. The molecular weight excluding hydrogens is 284 g/mol. The second-order valence-corrected chi connectivity index (χ2v) is 7.14. The fraction of sp³-hybridized carbons (Fsp3) is 0.312. The lowest BCUT2D eigenvalue weighted by atomic mass is 10.1. The van der Waals surface area contributed by atoms with Crippen molar-refractivity contribution in [2.24, 2.45) is 0 Å². The highest BCUT2D eigenvalue weighted by Crippen LogP contribution is 2.16. The summed E-state index contributed by atoms with van der Waals surface area (Å²) < 4.78 is 22.8. The Balaban J connectivity index is 1.90. The van der Waals surface area contributed by atoms with Crippen LogP contribution in [0.1, 0.15) is 24.1 Å². The zero-order valence-electron chi connectivity index (χ0n) is 12.3. The van der Waals surface area contributed by atoms with E-state index < -0.39 is 9.84 Å². The SMILES string of the molecule is CC(NCCc1cccnc1)c1ccc(S(C)(=O)=O)cc1. The molecule has 112 valence electrons. The summed E-state index contributed by atoms with van der Waals surface area (Å²) in [5.74, 6) is 0. The molecule has 2 aromatic rings. The fourth-order valence-electron chi connectivity index (χ4n) is 2.10. The number of aromatic nitrogens is 1. The average molecular weight is 304 g/mol. The Morgan fingerprint density at radius 2 is 1.90 bits per heavy atom. The van der Waals surface area contributed by atoms with E-state index in [1.807, 2.05) is 24.4 Å². The van der Waals surface area contributed by atoms with Gasteiger partial charge in [-0.3, -0.25) is 4.98 Å². The maximum atomic E-state index is 11.4. The second kappa shape index (κ2) is 6.83. The Bertz CT molecular complexity index is 667. The first-order chi connectivity index (χ1) is 9.97. The Hall–Kier alpha value is -1.72. The molecule has 0 aliphatic carbocycles. The third kappa shape index (κ3) is 4.65. The van der Waals surface area contributed by atoms with Crippen LogP contribution in [0.5, 0.6) is 0 Å². The number of sulfone groups is 1. The summed E-state index contributed by atoms with van der Waals surface area (Å²) in [7, 11) is -3.13. The number of hydrogen-bond acceptors (Lipinski definition) is 4. The number of nitrogens with one attached hydrogen (secondary N) is 1. The molecule has 2 rings (SSSR count). The van der Waals surface area contributed by atoms with Crippen molar-refractivity contribution in [1.29, 1.82) is 0 Å². The summed E-state index contributed by atoms with van der Waals surface area (Å²) in [6.45, 7) is 2.92. The van der Waals surface area contributed by atoms with E-state index in [1.165, 1.54) is 11.8 Å². The van der Waals surface area contributed by atoms with Crippen molar-refractivity contribution in [3.05, 3.63) is 59.9 Å². The van der Waals surface area contributed by atoms with Gasteiger partial charge in [0.25, 0.3) is 0 Å². The first-order valence-corrected chi connectivity index (χ1v) is 8.78. The first kappa shape index (κ1) is 15.7. The van der Waals surface area contributed by atoms with Crippen LogP contribution in [0.3, 0.4) is 0 Å². The van der Waals surface area contributed by atoms with Crippen LogP contribution < -0.4 is 5.32 Å². The van der Waals surface area contributed by atoms with Gasteiger partial charge in [-0.2, -0.15) is 0 Å². The smallest absolute Gasteiger partial charge is 0.175 e. The van der Waals surface area contributed by atoms with E-state index in [1.54, 1.807) is 18.3 Å². The Morgan fingerprint density at radius 1 is 1.19 bits per heavy atom. The highest BCUT2D eigenvalue weighted by molar-refractivity contribution is 7.90. The molecule has 4 nitrogen and oxygen atoms in total. The van der Waals surface area contributed by atoms with Crippen molar-refractivity contribution in [3.63, 3.8) is 0 Å². The Morgan fingerprint density at radius 3 is 2.48 bits per heavy atom. The molecule has 1 aromatic heterocycles. The van der Waals surface area contributed by atoms with Crippen LogP contribution in [0, 0.1) is 0 Å². The lowest BCUT2D eigenvalue weighted by molar-refractivity contribution is 0.575. The zero-order valence-corrected chi connectivity index (χ0v) is 13.1. The van der Waals surface area contributed by atoms with Crippen LogP contribution in [-0.2, 0) is 16.3 Å². The van der Waals surface area contributed by atoms with Crippen LogP contribution in [0.2, 0.25) is 0 Å². The van der Waals surface area contributed by atoms with Crippen molar-refractivity contribution in [3.8, 4) is 0 Å². The molecule has 1 N–H and O–H groups in total. The normalized spacial score (nSPS) is 13.0. The van der Waals surface area contributed by atoms with Gasteiger partial charge in [0.05, 0.1) is 4.90 Å². The number of benzene rings is 1. The first-order valence-electron chi connectivity index (χ1n) is 6.89. The summed E-state index contributed by atoms with van der Waals surface area (Å²) in [4.78, 5) is 4.44. The van der Waals surface area contributed by atoms with Gasteiger partial charge in [0, 0.05) is 24.7 Å². The van der Waals surface area contributed by atoms with Crippen LogP contribution >= 0.6 is 0 Å². The molecule has 1 unspecified atom stereocenters. The molecule has 21 heavy (non-hydrogen) atoms. The van der Waals surface area contributed by atoms with Gasteiger partial charge in [-0.05, 0) is 49.2 Å². The maximum absolute atomic E-state index is 11.4. The van der Waals surface area contributed by atoms with Crippen LogP contribution in [0.4, 0.5) is 0 Å². The number of hydrogen-bond donors (Lipinski definition) is 1. The Kier molecular flexibility index (Phi) is 5.09. The van der Waals surface area contributed by atoms with Gasteiger partial charge in [0.1, 0.15) is 0 Å². The second-order valence-electron chi connectivity index (χ2n) is 5.13. The van der Waals surface area contributed by atoms with Crippen molar-refractivity contribution in [2.75, 3.05) is 12.8 Å². The fourth-order valence-corrected chi connectivity index (χ4v) is 2.73. The number of pyridine rings is 1. The average Bonchev–Trinajstić information content (AvgIpc) is 2.47. The highest BCUT2D eigenvalue weighted by atomic mass is 32.2. The third-order valence-electron chi connectivity index (χ3n) is 3.40. The van der Waals surface area contributed by atoms with E-state index in [2.05, 4.69) is 23.3 Å². The van der Waals surface area contributed by atoms with Gasteiger partial charge in [-0.15, -0.1) is 0 Å². The highest BCUT2D eigenvalue weighted by Gasteiger charge is 2.09. The van der Waals surface area contributed by atoms with Gasteiger partial charge in [0.2, 0.25) is 0 Å². The molecule has 0 bridgehead atoms. The summed E-state index contributed by atoms with van der Waals surface area (Å²) in [5.41, 5.74) is 2.28. The topological polar surface area (TPSA) is 59.1 Å². The van der Waals surface area contributed by atoms with E-state index in [0.29, 0.717) is 4.90 Å². The van der Waals surface area contributed by atoms with Gasteiger partial charge in [0.15, 0.2) is 9.84 Å². The van der Waals surface area contributed by atoms with Crippen molar-refractivity contribution < 1.29 is 8.42 Å². The van der Waals surface area contributed by atoms with Crippen molar-refractivity contribution >= 4 is 9.84 Å². The third-order valence-corrected chi connectivity index (χ3v) is 4.52. The summed E-state index contributed by atoms with van der Waals surface area (Å²) in [6.07, 6.45) is 5.77. The zero-order chi connectivity index (χ0) is 15.3. The minimum atomic E-state index is -3.13. The van der Waals surface area contributed by atoms with Crippen LogP contribution in [0.25, 0.3) is 0 Å². The molecule has 0 saturated carbocycles. The molecule has 0 aliphatic rings. The predicted octanol–water partition coefficient (Wildman–Crippen LogP) is 2.38. The minimum absolute atomic E-state index is 0.176. The van der Waals surface area contributed by atoms with Gasteiger partial charge < -0.3 is 5.32 Å². The lowest BCUT2D eigenvalue weighted by Crippen LogP contribution is -2.21. The van der Waals surface area contributed by atoms with E-state index in [-0.39, 0.29) is 6.04 Å². The monoisotopic (exact) mass is 304 g/mol. The van der Waals surface area contributed by atoms with Gasteiger partial charge in [-0.1, -0.05) is 18.2 Å². The quantitative estimate of drug-likeness (QED) is 0.890. The maximum Gasteiger partial charge on any atom is 0.175 e. The molecule has 0 radical (unpaired) electrons. The van der Waals surface area contributed by atoms with E-state index in [4.69, 9.17) is 0 Å². The van der Waals surface area contributed by atoms with Crippen LogP contribution in [0.15, 0.2) is 53.7 Å².